The van der Waals surface area contributed by atoms with E-state index in [1.807, 2.05) is 17.0 Å². The minimum Gasteiger partial charge on any atom is -0.480 e. The number of carboxylic acid groups (broad SMARTS) is 1. The van der Waals surface area contributed by atoms with Gasteiger partial charge in [0.2, 0.25) is 0 Å². The molecule has 0 saturated carbocycles. The summed E-state index contributed by atoms with van der Waals surface area (Å²) in [7, 11) is 0. The van der Waals surface area contributed by atoms with E-state index in [1.54, 1.807) is 6.20 Å². The standard InChI is InChI=1S/C12H15BrN2O2/c13-11-7-9(4-5-14-11)8-15-6-2-1-3-10(15)12(16)17/h4-5,7,10H,1-3,6,8H2,(H,16,17)/t10-/m0/s1. The summed E-state index contributed by atoms with van der Waals surface area (Å²) < 4.78 is 0.791. The number of carbonyl (C=O) groups is 1. The van der Waals surface area contributed by atoms with Gasteiger partial charge in [0.15, 0.2) is 0 Å². The highest BCUT2D eigenvalue weighted by Crippen LogP contribution is 2.20. The van der Waals surface area contributed by atoms with E-state index in [4.69, 9.17) is 0 Å². The third kappa shape index (κ3) is 3.26. The maximum absolute atomic E-state index is 11.2. The van der Waals surface area contributed by atoms with Gasteiger partial charge < -0.3 is 5.11 Å². The molecule has 1 aliphatic rings. The molecule has 2 rings (SSSR count). The van der Waals surface area contributed by atoms with Crippen molar-refractivity contribution in [3.63, 3.8) is 0 Å². The Balaban J connectivity index is 2.08. The largest absolute Gasteiger partial charge is 0.480 e. The third-order valence-corrected chi connectivity index (χ3v) is 3.51. The summed E-state index contributed by atoms with van der Waals surface area (Å²) in [5, 5.41) is 9.18. The Morgan fingerprint density at radius 1 is 1.59 bits per heavy atom. The normalized spacial score (nSPS) is 21.4. The van der Waals surface area contributed by atoms with Crippen LogP contribution >= 0.6 is 15.9 Å². The molecular weight excluding hydrogens is 284 g/mol. The molecule has 1 N–H and O–H groups in total. The zero-order chi connectivity index (χ0) is 12.3. The van der Waals surface area contributed by atoms with Crippen molar-refractivity contribution in [1.29, 1.82) is 0 Å². The lowest BCUT2D eigenvalue weighted by atomic mass is 10.0. The number of likely N-dealkylation sites (tertiary alicyclic amines) is 1. The van der Waals surface area contributed by atoms with Crippen molar-refractivity contribution < 1.29 is 9.90 Å². The fourth-order valence-corrected chi connectivity index (χ4v) is 2.65. The van der Waals surface area contributed by atoms with Crippen LogP contribution in [0.3, 0.4) is 0 Å². The van der Waals surface area contributed by atoms with Crippen LogP contribution in [0.15, 0.2) is 22.9 Å². The second-order valence-corrected chi connectivity index (χ2v) is 5.12. The highest BCUT2D eigenvalue weighted by molar-refractivity contribution is 9.10. The van der Waals surface area contributed by atoms with Crippen LogP contribution in [0.1, 0.15) is 24.8 Å². The number of nitrogens with zero attached hydrogens (tertiary/aromatic N) is 2. The lowest BCUT2D eigenvalue weighted by Crippen LogP contribution is -2.43. The molecular formula is C12H15BrN2O2. The van der Waals surface area contributed by atoms with Crippen molar-refractivity contribution in [2.75, 3.05) is 6.54 Å². The number of hydrogen-bond donors (Lipinski definition) is 1. The van der Waals surface area contributed by atoms with Crippen LogP contribution in [-0.2, 0) is 11.3 Å². The number of hydrogen-bond acceptors (Lipinski definition) is 3. The molecule has 0 aliphatic carbocycles. The summed E-state index contributed by atoms with van der Waals surface area (Å²) in [5.74, 6) is -0.710. The molecule has 0 radical (unpaired) electrons. The van der Waals surface area contributed by atoms with E-state index >= 15 is 0 Å². The van der Waals surface area contributed by atoms with Crippen molar-refractivity contribution >= 4 is 21.9 Å². The zero-order valence-electron chi connectivity index (χ0n) is 9.47. The van der Waals surface area contributed by atoms with Crippen LogP contribution in [0.5, 0.6) is 0 Å². The molecule has 1 aliphatic heterocycles. The molecule has 0 amide bonds. The van der Waals surface area contributed by atoms with E-state index in [9.17, 15) is 9.90 Å². The molecule has 1 aromatic rings. The summed E-state index contributed by atoms with van der Waals surface area (Å²) in [6.45, 7) is 1.54. The van der Waals surface area contributed by atoms with Crippen molar-refractivity contribution in [1.82, 2.24) is 9.88 Å². The molecule has 4 nitrogen and oxygen atoms in total. The highest BCUT2D eigenvalue weighted by atomic mass is 79.9. The van der Waals surface area contributed by atoms with Gasteiger partial charge >= 0.3 is 5.97 Å². The van der Waals surface area contributed by atoms with Crippen LogP contribution in [0.2, 0.25) is 0 Å². The quantitative estimate of drug-likeness (QED) is 0.870. The monoisotopic (exact) mass is 298 g/mol. The number of pyridine rings is 1. The second-order valence-electron chi connectivity index (χ2n) is 4.31. The van der Waals surface area contributed by atoms with Gasteiger partial charge in [-0.05, 0) is 53.0 Å². The van der Waals surface area contributed by atoms with Crippen LogP contribution in [-0.4, -0.2) is 33.5 Å². The van der Waals surface area contributed by atoms with E-state index in [2.05, 4.69) is 20.9 Å². The van der Waals surface area contributed by atoms with Gasteiger partial charge in [0.05, 0.1) is 0 Å². The van der Waals surface area contributed by atoms with Gasteiger partial charge in [-0.25, -0.2) is 4.98 Å². The number of piperidine rings is 1. The fraction of sp³-hybridized carbons (Fsp3) is 0.500. The van der Waals surface area contributed by atoms with Crippen molar-refractivity contribution in [3.8, 4) is 0 Å². The maximum atomic E-state index is 11.2. The Bertz CT molecular complexity index is 411. The average Bonchev–Trinajstić information content (AvgIpc) is 2.29. The number of aromatic nitrogens is 1. The molecule has 5 heteroatoms. The van der Waals surface area contributed by atoms with E-state index in [0.29, 0.717) is 6.54 Å². The number of carboxylic acids is 1. The molecule has 1 saturated heterocycles. The van der Waals surface area contributed by atoms with Crippen LogP contribution in [0.4, 0.5) is 0 Å². The van der Waals surface area contributed by atoms with E-state index < -0.39 is 5.97 Å². The number of halogens is 1. The second kappa shape index (κ2) is 5.60. The minimum absolute atomic E-state index is 0.337. The zero-order valence-corrected chi connectivity index (χ0v) is 11.1. The summed E-state index contributed by atoms with van der Waals surface area (Å²) in [4.78, 5) is 17.3. The minimum atomic E-state index is -0.710. The Kier molecular flexibility index (Phi) is 4.12. The van der Waals surface area contributed by atoms with Gasteiger partial charge in [-0.1, -0.05) is 6.42 Å². The predicted molar refractivity (Wildman–Crippen MR) is 67.6 cm³/mol. The van der Waals surface area contributed by atoms with Gasteiger partial charge in [0.25, 0.3) is 0 Å². The Morgan fingerprint density at radius 2 is 2.41 bits per heavy atom. The number of aliphatic carboxylic acids is 1. The van der Waals surface area contributed by atoms with E-state index in [0.717, 1.165) is 36.0 Å². The first-order chi connectivity index (χ1) is 8.16. The lowest BCUT2D eigenvalue weighted by molar-refractivity contribution is -0.144. The highest BCUT2D eigenvalue weighted by Gasteiger charge is 2.28. The first-order valence-electron chi connectivity index (χ1n) is 5.74. The number of rotatable bonds is 3. The average molecular weight is 299 g/mol. The van der Waals surface area contributed by atoms with Crippen molar-refractivity contribution in [2.24, 2.45) is 0 Å². The Hall–Kier alpha value is -0.940. The van der Waals surface area contributed by atoms with Gasteiger partial charge in [0, 0.05) is 12.7 Å². The fourth-order valence-electron chi connectivity index (χ4n) is 2.24. The first kappa shape index (κ1) is 12.5. The predicted octanol–water partition coefficient (Wildman–Crippen LogP) is 2.28. The molecule has 17 heavy (non-hydrogen) atoms. The molecule has 0 aromatic carbocycles. The summed E-state index contributed by atoms with van der Waals surface area (Å²) >= 11 is 3.33. The molecule has 0 bridgehead atoms. The third-order valence-electron chi connectivity index (χ3n) is 3.08. The topological polar surface area (TPSA) is 53.4 Å². The van der Waals surface area contributed by atoms with Gasteiger partial charge in [-0.2, -0.15) is 0 Å². The van der Waals surface area contributed by atoms with Gasteiger partial charge in [-0.15, -0.1) is 0 Å². The van der Waals surface area contributed by atoms with Gasteiger partial charge in [0.1, 0.15) is 10.6 Å². The summed E-state index contributed by atoms with van der Waals surface area (Å²) in [6, 6.07) is 3.53. The van der Waals surface area contributed by atoms with E-state index in [1.165, 1.54) is 0 Å². The van der Waals surface area contributed by atoms with Gasteiger partial charge in [-0.3, -0.25) is 9.69 Å². The smallest absolute Gasteiger partial charge is 0.320 e. The molecule has 1 atom stereocenters. The molecule has 0 unspecified atom stereocenters. The Morgan fingerprint density at radius 3 is 3.12 bits per heavy atom. The van der Waals surface area contributed by atoms with Crippen molar-refractivity contribution in [3.05, 3.63) is 28.5 Å². The maximum Gasteiger partial charge on any atom is 0.320 e. The SMILES string of the molecule is O=C(O)[C@@H]1CCCCN1Cc1ccnc(Br)c1. The molecule has 2 heterocycles. The molecule has 92 valence electrons. The first-order valence-corrected chi connectivity index (χ1v) is 6.53. The molecule has 0 spiro atoms. The Labute approximate surface area is 109 Å². The summed E-state index contributed by atoms with van der Waals surface area (Å²) in [6.07, 6.45) is 4.57. The van der Waals surface area contributed by atoms with Crippen LogP contribution in [0, 0.1) is 0 Å². The van der Waals surface area contributed by atoms with E-state index in [-0.39, 0.29) is 6.04 Å². The summed E-state index contributed by atoms with van der Waals surface area (Å²) in [5.41, 5.74) is 1.10. The molecule has 1 fully saturated rings. The van der Waals surface area contributed by atoms with Crippen LogP contribution < -0.4 is 0 Å². The molecule has 1 aromatic heterocycles. The lowest BCUT2D eigenvalue weighted by Gasteiger charge is -2.32. The van der Waals surface area contributed by atoms with Crippen molar-refractivity contribution in [2.45, 2.75) is 31.8 Å². The van der Waals surface area contributed by atoms with Crippen LogP contribution in [0.25, 0.3) is 0 Å².